The van der Waals surface area contributed by atoms with Crippen molar-refractivity contribution in [1.82, 2.24) is 5.32 Å². The molecule has 110 valence electrons. The van der Waals surface area contributed by atoms with Gasteiger partial charge in [-0.2, -0.15) is 0 Å². The number of aliphatic hydroxyl groups is 2. The highest BCUT2D eigenvalue weighted by Gasteiger charge is 2.04. The minimum Gasteiger partial charge on any atom is -0.494 e. The summed E-state index contributed by atoms with van der Waals surface area (Å²) in [4.78, 5) is 11.1. The Bertz CT molecular complexity index is 433. The second-order valence-electron chi connectivity index (χ2n) is 3.96. The second kappa shape index (κ2) is 8.95. The van der Waals surface area contributed by atoms with Gasteiger partial charge in [0.15, 0.2) is 6.29 Å². The second-order valence-corrected chi connectivity index (χ2v) is 3.96. The van der Waals surface area contributed by atoms with Crippen LogP contribution in [0.15, 0.2) is 36.9 Å². The summed E-state index contributed by atoms with van der Waals surface area (Å²) in [6.45, 7) is 4.44. The first kappa shape index (κ1) is 16.0. The van der Waals surface area contributed by atoms with Gasteiger partial charge in [0, 0.05) is 12.1 Å². The molecule has 0 aliphatic carbocycles. The number of hydrogen-bond donors (Lipinski definition) is 3. The van der Waals surface area contributed by atoms with E-state index in [9.17, 15) is 4.79 Å². The van der Waals surface area contributed by atoms with Gasteiger partial charge in [-0.1, -0.05) is 24.8 Å². The predicted octanol–water partition coefficient (Wildman–Crippen LogP) is 1.35. The van der Waals surface area contributed by atoms with E-state index in [0.29, 0.717) is 30.9 Å². The van der Waals surface area contributed by atoms with Gasteiger partial charge in [-0.05, 0) is 18.6 Å². The third-order valence-corrected chi connectivity index (χ3v) is 2.35. The molecule has 1 aromatic carbocycles. The van der Waals surface area contributed by atoms with Crippen LogP contribution >= 0.6 is 0 Å². The Morgan fingerprint density at radius 2 is 2.25 bits per heavy atom. The van der Waals surface area contributed by atoms with Gasteiger partial charge in [-0.15, -0.1) is 0 Å². The monoisotopic (exact) mass is 281 g/mol. The van der Waals surface area contributed by atoms with E-state index in [1.807, 2.05) is 0 Å². The summed E-state index contributed by atoms with van der Waals surface area (Å²) in [5, 5.41) is 20.6. The normalized spacial score (nSPS) is 10.2. The average molecular weight is 281 g/mol. The number of nitrogens with one attached hydrogen (secondary N) is 1. The standard InChI is InChI=1S/C14H19NO5/c1-2-8-20-14(18)15-7-4-9-19-12-6-3-5-11(10-12)13(16)17/h2-3,5-6,10,13,16-17H,1,4,7-9H2,(H,15,18). The zero-order valence-corrected chi connectivity index (χ0v) is 11.1. The van der Waals surface area contributed by atoms with Crippen LogP contribution in [0.2, 0.25) is 0 Å². The Labute approximate surface area is 117 Å². The number of amides is 1. The third-order valence-electron chi connectivity index (χ3n) is 2.35. The van der Waals surface area contributed by atoms with Crippen molar-refractivity contribution in [2.75, 3.05) is 19.8 Å². The van der Waals surface area contributed by atoms with Gasteiger partial charge in [0.05, 0.1) is 6.61 Å². The van der Waals surface area contributed by atoms with Crippen LogP contribution < -0.4 is 10.1 Å². The Kier molecular flexibility index (Phi) is 7.16. The van der Waals surface area contributed by atoms with Crippen LogP contribution in [0.3, 0.4) is 0 Å². The van der Waals surface area contributed by atoms with Gasteiger partial charge in [-0.3, -0.25) is 0 Å². The van der Waals surface area contributed by atoms with Crippen LogP contribution in [0, 0.1) is 0 Å². The highest BCUT2D eigenvalue weighted by atomic mass is 16.5. The summed E-state index contributed by atoms with van der Waals surface area (Å²) in [5.74, 6) is 0.546. The molecular formula is C14H19NO5. The number of rotatable bonds is 8. The molecule has 0 heterocycles. The zero-order valence-electron chi connectivity index (χ0n) is 11.1. The maximum absolute atomic E-state index is 11.1. The number of aliphatic hydroxyl groups excluding tert-OH is 1. The molecule has 0 fully saturated rings. The molecule has 0 radical (unpaired) electrons. The largest absolute Gasteiger partial charge is 0.494 e. The first-order chi connectivity index (χ1) is 9.63. The lowest BCUT2D eigenvalue weighted by Crippen LogP contribution is -2.26. The van der Waals surface area contributed by atoms with Crippen molar-refractivity contribution in [1.29, 1.82) is 0 Å². The van der Waals surface area contributed by atoms with E-state index in [1.54, 1.807) is 24.3 Å². The fraction of sp³-hybridized carbons (Fsp3) is 0.357. The van der Waals surface area contributed by atoms with Crippen molar-refractivity contribution in [3.8, 4) is 5.75 Å². The molecular weight excluding hydrogens is 262 g/mol. The Morgan fingerprint density at radius 1 is 1.45 bits per heavy atom. The van der Waals surface area contributed by atoms with E-state index < -0.39 is 12.4 Å². The molecule has 0 atom stereocenters. The molecule has 1 aromatic rings. The van der Waals surface area contributed by atoms with E-state index in [0.717, 1.165) is 0 Å². The highest BCUT2D eigenvalue weighted by molar-refractivity contribution is 5.67. The smallest absolute Gasteiger partial charge is 0.407 e. The Morgan fingerprint density at radius 3 is 2.95 bits per heavy atom. The molecule has 0 saturated heterocycles. The summed E-state index contributed by atoms with van der Waals surface area (Å²) >= 11 is 0. The van der Waals surface area contributed by atoms with Crippen molar-refractivity contribution in [2.45, 2.75) is 12.7 Å². The average Bonchev–Trinajstić information content (AvgIpc) is 2.45. The molecule has 6 nitrogen and oxygen atoms in total. The molecule has 20 heavy (non-hydrogen) atoms. The minimum absolute atomic E-state index is 0.179. The molecule has 3 N–H and O–H groups in total. The van der Waals surface area contributed by atoms with Crippen LogP contribution in [0.4, 0.5) is 4.79 Å². The van der Waals surface area contributed by atoms with E-state index in [1.165, 1.54) is 6.08 Å². The molecule has 0 saturated carbocycles. The zero-order chi connectivity index (χ0) is 14.8. The molecule has 0 aliphatic heterocycles. The van der Waals surface area contributed by atoms with Gasteiger partial charge >= 0.3 is 6.09 Å². The number of alkyl carbamates (subject to hydrolysis) is 1. The molecule has 0 unspecified atom stereocenters. The maximum Gasteiger partial charge on any atom is 0.407 e. The number of carbonyl (C=O) groups is 1. The number of hydrogen-bond acceptors (Lipinski definition) is 5. The van der Waals surface area contributed by atoms with Gasteiger partial charge in [0.1, 0.15) is 12.4 Å². The maximum atomic E-state index is 11.1. The molecule has 1 amide bonds. The lowest BCUT2D eigenvalue weighted by molar-refractivity contribution is -0.0426. The Hall–Kier alpha value is -2.05. The van der Waals surface area contributed by atoms with Gasteiger partial charge in [-0.25, -0.2) is 4.79 Å². The number of ether oxygens (including phenoxy) is 2. The summed E-state index contributed by atoms with van der Waals surface area (Å²) in [6, 6.07) is 6.54. The fourth-order valence-electron chi connectivity index (χ4n) is 1.40. The lowest BCUT2D eigenvalue weighted by atomic mass is 10.2. The third kappa shape index (κ3) is 6.21. The first-order valence-electron chi connectivity index (χ1n) is 6.24. The van der Waals surface area contributed by atoms with Crippen molar-refractivity contribution in [2.24, 2.45) is 0 Å². The van der Waals surface area contributed by atoms with Gasteiger partial charge in [0.2, 0.25) is 0 Å². The van der Waals surface area contributed by atoms with Crippen LogP contribution in [0.1, 0.15) is 18.3 Å². The van der Waals surface area contributed by atoms with E-state index in [-0.39, 0.29) is 6.61 Å². The van der Waals surface area contributed by atoms with Gasteiger partial charge < -0.3 is 25.0 Å². The van der Waals surface area contributed by atoms with E-state index in [2.05, 4.69) is 11.9 Å². The van der Waals surface area contributed by atoms with E-state index in [4.69, 9.17) is 19.7 Å². The van der Waals surface area contributed by atoms with Crippen molar-refractivity contribution < 1.29 is 24.5 Å². The minimum atomic E-state index is -1.51. The summed E-state index contributed by atoms with van der Waals surface area (Å²) in [5.41, 5.74) is 0.369. The quantitative estimate of drug-likeness (QED) is 0.380. The Balaban J connectivity index is 2.19. The SMILES string of the molecule is C=CCOC(=O)NCCCOc1cccc(C(O)O)c1. The van der Waals surface area contributed by atoms with Crippen molar-refractivity contribution >= 4 is 6.09 Å². The van der Waals surface area contributed by atoms with E-state index >= 15 is 0 Å². The summed E-state index contributed by atoms with van der Waals surface area (Å²) in [6.07, 6.45) is 0.0931. The summed E-state index contributed by atoms with van der Waals surface area (Å²) in [7, 11) is 0. The highest BCUT2D eigenvalue weighted by Crippen LogP contribution is 2.17. The molecule has 6 heteroatoms. The van der Waals surface area contributed by atoms with Crippen molar-refractivity contribution in [3.05, 3.63) is 42.5 Å². The molecule has 1 rings (SSSR count). The number of carbonyl (C=O) groups excluding carboxylic acids is 1. The van der Waals surface area contributed by atoms with Crippen LogP contribution in [0.25, 0.3) is 0 Å². The number of benzene rings is 1. The van der Waals surface area contributed by atoms with Crippen LogP contribution in [-0.2, 0) is 4.74 Å². The molecule has 0 spiro atoms. The molecule has 0 aromatic heterocycles. The topological polar surface area (TPSA) is 88.0 Å². The van der Waals surface area contributed by atoms with Gasteiger partial charge in [0.25, 0.3) is 0 Å². The molecule has 0 aliphatic rings. The molecule has 0 bridgehead atoms. The summed E-state index contributed by atoms with van der Waals surface area (Å²) < 4.78 is 10.2. The fourth-order valence-corrected chi connectivity index (χ4v) is 1.40. The van der Waals surface area contributed by atoms with Crippen LogP contribution in [-0.4, -0.2) is 36.1 Å². The lowest BCUT2D eigenvalue weighted by Gasteiger charge is -2.09. The predicted molar refractivity (Wildman–Crippen MR) is 73.3 cm³/mol. The van der Waals surface area contributed by atoms with Crippen LogP contribution in [0.5, 0.6) is 5.75 Å². The van der Waals surface area contributed by atoms with Crippen molar-refractivity contribution in [3.63, 3.8) is 0 Å². The first-order valence-corrected chi connectivity index (χ1v) is 6.24.